The molecule has 1 saturated heterocycles. The summed E-state index contributed by atoms with van der Waals surface area (Å²) in [6, 6.07) is 3.91. The van der Waals surface area contributed by atoms with Crippen LogP contribution >= 0.6 is 11.3 Å². The van der Waals surface area contributed by atoms with E-state index in [9.17, 15) is 9.59 Å². The number of nitrogens with one attached hydrogen (secondary N) is 1. The highest BCUT2D eigenvalue weighted by atomic mass is 32.1. The average molecular weight is 352 g/mol. The van der Waals surface area contributed by atoms with Gasteiger partial charge in [0.15, 0.2) is 0 Å². The van der Waals surface area contributed by atoms with Gasteiger partial charge in [-0.25, -0.2) is 0 Å². The Kier molecular flexibility index (Phi) is 7.24. The third-order valence-corrected chi connectivity index (χ3v) is 5.31. The SMILES string of the molecule is CCCCN(C(=O)C[C@H]1C(=O)NCCN1Cc1cccs1)C(C)C. The zero-order chi connectivity index (χ0) is 17.5. The third kappa shape index (κ3) is 5.05. The number of hydrogen-bond donors (Lipinski definition) is 1. The number of thiophene rings is 1. The Hall–Kier alpha value is -1.40. The predicted octanol–water partition coefficient (Wildman–Crippen LogP) is 2.48. The molecule has 0 spiro atoms. The molecule has 1 atom stereocenters. The first-order chi connectivity index (χ1) is 11.5. The van der Waals surface area contributed by atoms with Gasteiger partial charge in [-0.1, -0.05) is 19.4 Å². The largest absolute Gasteiger partial charge is 0.353 e. The molecule has 0 unspecified atom stereocenters. The summed E-state index contributed by atoms with van der Waals surface area (Å²) in [7, 11) is 0. The van der Waals surface area contributed by atoms with Gasteiger partial charge in [-0.05, 0) is 31.7 Å². The minimum Gasteiger partial charge on any atom is -0.353 e. The van der Waals surface area contributed by atoms with Crippen LogP contribution in [0.3, 0.4) is 0 Å². The van der Waals surface area contributed by atoms with Crippen LogP contribution in [0.4, 0.5) is 0 Å². The lowest BCUT2D eigenvalue weighted by Gasteiger charge is -2.36. The highest BCUT2D eigenvalue weighted by molar-refractivity contribution is 7.09. The van der Waals surface area contributed by atoms with Crippen molar-refractivity contribution >= 4 is 23.2 Å². The fraction of sp³-hybridized carbons (Fsp3) is 0.667. The molecule has 6 heteroatoms. The zero-order valence-corrected chi connectivity index (χ0v) is 15.8. The second kappa shape index (κ2) is 9.18. The van der Waals surface area contributed by atoms with Crippen molar-refractivity contribution in [2.45, 2.75) is 58.7 Å². The van der Waals surface area contributed by atoms with Gasteiger partial charge in [0.05, 0.1) is 12.5 Å². The Morgan fingerprint density at radius 3 is 2.92 bits per heavy atom. The van der Waals surface area contributed by atoms with Crippen molar-refractivity contribution in [1.82, 2.24) is 15.1 Å². The summed E-state index contributed by atoms with van der Waals surface area (Å²) in [5.74, 6) is 0.0574. The summed E-state index contributed by atoms with van der Waals surface area (Å²) in [6.45, 7) is 9.15. The molecule has 2 amide bonds. The molecule has 5 nitrogen and oxygen atoms in total. The third-order valence-electron chi connectivity index (χ3n) is 4.44. The van der Waals surface area contributed by atoms with Gasteiger partial charge >= 0.3 is 0 Å². The van der Waals surface area contributed by atoms with E-state index in [1.54, 1.807) is 11.3 Å². The molecule has 1 aliphatic rings. The van der Waals surface area contributed by atoms with Crippen molar-refractivity contribution < 1.29 is 9.59 Å². The molecule has 134 valence electrons. The van der Waals surface area contributed by atoms with E-state index in [0.717, 1.165) is 32.5 Å². The predicted molar refractivity (Wildman–Crippen MR) is 97.9 cm³/mol. The first-order valence-corrected chi connectivity index (χ1v) is 9.74. The van der Waals surface area contributed by atoms with E-state index in [4.69, 9.17) is 0 Å². The average Bonchev–Trinajstić information content (AvgIpc) is 3.04. The smallest absolute Gasteiger partial charge is 0.237 e. The molecule has 1 aliphatic heterocycles. The summed E-state index contributed by atoms with van der Waals surface area (Å²) in [5, 5.41) is 4.96. The molecule has 0 bridgehead atoms. The van der Waals surface area contributed by atoms with E-state index in [0.29, 0.717) is 6.54 Å². The van der Waals surface area contributed by atoms with E-state index in [-0.39, 0.29) is 30.3 Å². The van der Waals surface area contributed by atoms with Crippen LogP contribution in [-0.4, -0.2) is 53.3 Å². The van der Waals surface area contributed by atoms with E-state index in [1.807, 2.05) is 30.2 Å². The monoisotopic (exact) mass is 351 g/mol. The Bertz CT molecular complexity index is 530. The molecule has 2 heterocycles. The Balaban J connectivity index is 2.04. The molecule has 1 aromatic rings. The number of nitrogens with zero attached hydrogens (tertiary/aromatic N) is 2. The summed E-state index contributed by atoms with van der Waals surface area (Å²) in [4.78, 5) is 30.4. The van der Waals surface area contributed by atoms with Crippen molar-refractivity contribution in [3.63, 3.8) is 0 Å². The van der Waals surface area contributed by atoms with E-state index in [1.165, 1.54) is 4.88 Å². The van der Waals surface area contributed by atoms with E-state index in [2.05, 4.69) is 23.2 Å². The summed E-state index contributed by atoms with van der Waals surface area (Å²) >= 11 is 1.69. The highest BCUT2D eigenvalue weighted by Gasteiger charge is 2.33. The summed E-state index contributed by atoms with van der Waals surface area (Å²) in [6.07, 6.45) is 2.32. The van der Waals surface area contributed by atoms with Gasteiger partial charge in [0.2, 0.25) is 11.8 Å². The van der Waals surface area contributed by atoms with Gasteiger partial charge in [0, 0.05) is 37.1 Å². The van der Waals surface area contributed by atoms with Gasteiger partial charge in [0.1, 0.15) is 0 Å². The maximum atomic E-state index is 12.8. The van der Waals surface area contributed by atoms with Crippen LogP contribution in [0.2, 0.25) is 0 Å². The van der Waals surface area contributed by atoms with Crippen LogP contribution in [0.5, 0.6) is 0 Å². The van der Waals surface area contributed by atoms with E-state index >= 15 is 0 Å². The van der Waals surface area contributed by atoms with Crippen molar-refractivity contribution in [2.75, 3.05) is 19.6 Å². The van der Waals surface area contributed by atoms with Gasteiger partial charge in [-0.2, -0.15) is 0 Å². The van der Waals surface area contributed by atoms with Crippen molar-refractivity contribution in [2.24, 2.45) is 0 Å². The van der Waals surface area contributed by atoms with Crippen LogP contribution in [-0.2, 0) is 16.1 Å². The number of hydrogen-bond acceptors (Lipinski definition) is 4. The Labute approximate surface area is 149 Å². The molecule has 0 saturated carbocycles. The van der Waals surface area contributed by atoms with Gasteiger partial charge in [-0.15, -0.1) is 11.3 Å². The van der Waals surface area contributed by atoms with Crippen LogP contribution in [0.15, 0.2) is 17.5 Å². The minimum atomic E-state index is -0.365. The number of piperazine rings is 1. The summed E-state index contributed by atoms with van der Waals surface area (Å²) in [5.41, 5.74) is 0. The van der Waals surface area contributed by atoms with Gasteiger partial charge < -0.3 is 10.2 Å². The normalized spacial score (nSPS) is 18.7. The van der Waals surface area contributed by atoms with Crippen molar-refractivity contribution in [1.29, 1.82) is 0 Å². The highest BCUT2D eigenvalue weighted by Crippen LogP contribution is 2.18. The molecule has 1 aromatic heterocycles. The minimum absolute atomic E-state index is 0.0228. The number of rotatable bonds is 8. The lowest BCUT2D eigenvalue weighted by molar-refractivity contribution is -0.140. The van der Waals surface area contributed by atoms with Gasteiger partial charge in [0.25, 0.3) is 0 Å². The lowest BCUT2D eigenvalue weighted by Crippen LogP contribution is -2.56. The molecule has 0 aromatic carbocycles. The standard InChI is InChI=1S/C18H29N3O2S/c1-4-5-9-21(14(2)3)17(22)12-16-18(23)19-8-10-20(16)13-15-7-6-11-24-15/h6-7,11,14,16H,4-5,8-10,12-13H2,1-3H3,(H,19,23)/t16-/m0/s1. The van der Waals surface area contributed by atoms with Gasteiger partial charge in [-0.3, -0.25) is 14.5 Å². The maximum absolute atomic E-state index is 12.8. The molecule has 1 fully saturated rings. The fourth-order valence-corrected chi connectivity index (χ4v) is 3.79. The van der Waals surface area contributed by atoms with Crippen LogP contribution in [0, 0.1) is 0 Å². The Morgan fingerprint density at radius 2 is 2.29 bits per heavy atom. The fourth-order valence-electron chi connectivity index (χ4n) is 3.06. The number of unbranched alkanes of at least 4 members (excludes halogenated alkanes) is 1. The number of carbonyl (C=O) groups is 2. The van der Waals surface area contributed by atoms with Crippen molar-refractivity contribution in [3.05, 3.63) is 22.4 Å². The lowest BCUT2D eigenvalue weighted by atomic mass is 10.1. The Morgan fingerprint density at radius 1 is 1.50 bits per heavy atom. The van der Waals surface area contributed by atoms with Crippen molar-refractivity contribution in [3.8, 4) is 0 Å². The molecule has 1 N–H and O–H groups in total. The first-order valence-electron chi connectivity index (χ1n) is 8.86. The zero-order valence-electron chi connectivity index (χ0n) is 15.0. The molecule has 24 heavy (non-hydrogen) atoms. The molecule has 0 radical (unpaired) electrons. The molecular formula is C18H29N3O2S. The topological polar surface area (TPSA) is 52.7 Å². The summed E-state index contributed by atoms with van der Waals surface area (Å²) < 4.78 is 0. The first kappa shape index (κ1) is 18.9. The second-order valence-corrected chi connectivity index (χ2v) is 7.63. The van der Waals surface area contributed by atoms with Crippen LogP contribution < -0.4 is 5.32 Å². The number of carbonyl (C=O) groups excluding carboxylic acids is 2. The van der Waals surface area contributed by atoms with E-state index < -0.39 is 0 Å². The molecular weight excluding hydrogens is 322 g/mol. The second-order valence-electron chi connectivity index (χ2n) is 6.60. The quantitative estimate of drug-likeness (QED) is 0.783. The molecule has 0 aliphatic carbocycles. The maximum Gasteiger partial charge on any atom is 0.237 e. The van der Waals surface area contributed by atoms with Crippen LogP contribution in [0.1, 0.15) is 44.9 Å². The molecule has 2 rings (SSSR count). The number of amides is 2. The van der Waals surface area contributed by atoms with Crippen LogP contribution in [0.25, 0.3) is 0 Å².